The summed E-state index contributed by atoms with van der Waals surface area (Å²) in [6.45, 7) is -0.388. The minimum absolute atomic E-state index is 0.0504. The van der Waals surface area contributed by atoms with Gasteiger partial charge in [-0.25, -0.2) is 4.39 Å². The van der Waals surface area contributed by atoms with Crippen LogP contribution in [-0.4, -0.2) is 41.7 Å². The number of hydrogen-bond acceptors (Lipinski definition) is 5. The van der Waals surface area contributed by atoms with Crippen LogP contribution in [0.15, 0.2) is 24.3 Å². The van der Waals surface area contributed by atoms with Gasteiger partial charge in [-0.05, 0) is 37.1 Å². The second-order valence-corrected chi connectivity index (χ2v) is 8.81. The van der Waals surface area contributed by atoms with Gasteiger partial charge in [0.15, 0.2) is 6.61 Å². The molecule has 0 atom stereocenters. The van der Waals surface area contributed by atoms with Crippen molar-refractivity contribution in [3.8, 4) is 0 Å². The molecule has 34 heavy (non-hydrogen) atoms. The van der Waals surface area contributed by atoms with Crippen LogP contribution in [0.2, 0.25) is 20.1 Å². The highest BCUT2D eigenvalue weighted by atomic mass is 35.5. The molecule has 3 rings (SSSR count). The van der Waals surface area contributed by atoms with E-state index in [1.165, 1.54) is 24.3 Å². The van der Waals surface area contributed by atoms with Crippen LogP contribution in [0, 0.1) is 5.82 Å². The number of carbonyl (C=O) groups excluding carboxylic acids is 4. The fourth-order valence-electron chi connectivity index (χ4n) is 3.26. The Morgan fingerprint density at radius 1 is 0.853 bits per heavy atom. The van der Waals surface area contributed by atoms with Crippen molar-refractivity contribution < 1.29 is 28.3 Å². The maximum atomic E-state index is 12.9. The number of unbranched alkanes of at least 4 members (excludes halogenated alkanes) is 2. The number of imide groups is 1. The number of nitrogens with one attached hydrogen (secondary N) is 1. The van der Waals surface area contributed by atoms with Crippen LogP contribution in [0.1, 0.15) is 46.4 Å². The molecule has 1 aliphatic heterocycles. The van der Waals surface area contributed by atoms with Gasteiger partial charge < -0.3 is 10.1 Å². The summed E-state index contributed by atoms with van der Waals surface area (Å²) in [7, 11) is 0. The number of ether oxygens (including phenoxy) is 1. The molecule has 2 aromatic carbocycles. The predicted molar refractivity (Wildman–Crippen MR) is 126 cm³/mol. The minimum Gasteiger partial charge on any atom is -0.456 e. The Kier molecular flexibility index (Phi) is 8.76. The summed E-state index contributed by atoms with van der Waals surface area (Å²) in [4.78, 5) is 49.9. The van der Waals surface area contributed by atoms with Gasteiger partial charge in [-0.1, -0.05) is 52.8 Å². The number of amides is 3. The monoisotopic (exact) mass is 548 g/mol. The van der Waals surface area contributed by atoms with Crippen LogP contribution in [-0.2, 0) is 14.3 Å². The number of nitrogens with zero attached hydrogens (tertiary/aromatic N) is 1. The summed E-state index contributed by atoms with van der Waals surface area (Å²) < 4.78 is 17.8. The fourth-order valence-corrected chi connectivity index (χ4v) is 4.28. The van der Waals surface area contributed by atoms with Crippen molar-refractivity contribution in [2.75, 3.05) is 18.5 Å². The number of fused-ring (bicyclic) bond motifs is 1. The Labute approximate surface area is 214 Å². The number of rotatable bonds is 9. The van der Waals surface area contributed by atoms with Crippen molar-refractivity contribution in [3.63, 3.8) is 0 Å². The van der Waals surface area contributed by atoms with E-state index in [-0.39, 0.29) is 44.2 Å². The first-order valence-corrected chi connectivity index (χ1v) is 11.6. The molecule has 180 valence electrons. The molecule has 0 spiro atoms. The Bertz CT molecular complexity index is 1110. The van der Waals surface area contributed by atoms with E-state index < -0.39 is 36.1 Å². The molecule has 0 bridgehead atoms. The minimum atomic E-state index is -0.614. The largest absolute Gasteiger partial charge is 0.456 e. The first-order valence-electron chi connectivity index (χ1n) is 10.0. The quantitative estimate of drug-likeness (QED) is 0.141. The van der Waals surface area contributed by atoms with Gasteiger partial charge in [-0.15, -0.1) is 0 Å². The number of halogens is 5. The van der Waals surface area contributed by atoms with E-state index in [0.29, 0.717) is 24.9 Å². The van der Waals surface area contributed by atoms with Crippen LogP contribution in [0.5, 0.6) is 0 Å². The van der Waals surface area contributed by atoms with Crippen molar-refractivity contribution in [2.45, 2.75) is 25.7 Å². The van der Waals surface area contributed by atoms with Gasteiger partial charge in [0.25, 0.3) is 17.7 Å². The fraction of sp³-hybridized carbons (Fsp3) is 0.273. The molecule has 2 aromatic rings. The van der Waals surface area contributed by atoms with E-state index >= 15 is 0 Å². The lowest BCUT2D eigenvalue weighted by molar-refractivity contribution is -0.147. The summed E-state index contributed by atoms with van der Waals surface area (Å²) >= 11 is 24.1. The molecular weight excluding hydrogens is 533 g/mol. The zero-order valence-corrected chi connectivity index (χ0v) is 20.5. The van der Waals surface area contributed by atoms with Crippen LogP contribution >= 0.6 is 46.4 Å². The molecule has 0 radical (unpaired) electrons. The molecule has 12 heteroatoms. The predicted octanol–water partition coefficient (Wildman–Crippen LogP) is 5.78. The number of benzene rings is 2. The smallest absolute Gasteiger partial charge is 0.306 e. The summed E-state index contributed by atoms with van der Waals surface area (Å²) in [6.07, 6.45) is 1.39. The Morgan fingerprint density at radius 2 is 1.41 bits per heavy atom. The molecule has 0 saturated heterocycles. The average Bonchev–Trinajstić information content (AvgIpc) is 3.06. The molecule has 3 amide bonds. The van der Waals surface area contributed by atoms with Crippen molar-refractivity contribution in [1.29, 1.82) is 0 Å². The third-order valence-corrected chi connectivity index (χ3v) is 6.74. The zero-order valence-electron chi connectivity index (χ0n) is 17.4. The second kappa shape index (κ2) is 11.4. The summed E-state index contributed by atoms with van der Waals surface area (Å²) in [5, 5.41) is 2.03. The van der Waals surface area contributed by atoms with Crippen LogP contribution in [0.4, 0.5) is 10.1 Å². The molecule has 0 aliphatic carbocycles. The molecule has 1 aliphatic rings. The van der Waals surface area contributed by atoms with E-state index in [0.717, 1.165) is 4.90 Å². The average molecular weight is 550 g/mol. The number of hydrogen-bond donors (Lipinski definition) is 1. The van der Waals surface area contributed by atoms with Crippen molar-refractivity contribution in [3.05, 3.63) is 61.3 Å². The highest BCUT2D eigenvalue weighted by Gasteiger charge is 2.41. The zero-order chi connectivity index (χ0) is 25.0. The molecular formula is C22H17Cl4FN2O5. The highest BCUT2D eigenvalue weighted by Crippen LogP contribution is 2.44. The van der Waals surface area contributed by atoms with Gasteiger partial charge >= 0.3 is 5.97 Å². The SMILES string of the molecule is O=C(COC(=O)CCCCCN1C(=O)c2c(Cl)c(Cl)c(Cl)c(Cl)c2C1=O)Nc1ccc(F)cc1. The van der Waals surface area contributed by atoms with Gasteiger partial charge in [-0.3, -0.25) is 24.1 Å². The Hall–Kier alpha value is -2.39. The standard InChI is InChI=1S/C22H17Cl4FN2O5/c23-17-15-16(18(24)20(26)19(17)25)22(33)29(21(15)32)9-3-1-2-4-14(31)34-10-13(30)28-12-7-5-11(27)6-8-12/h5-8H,1-4,9-10H2,(H,28,30). The Balaban J connectivity index is 1.40. The molecule has 0 aromatic heterocycles. The molecule has 1 N–H and O–H groups in total. The topological polar surface area (TPSA) is 92.8 Å². The van der Waals surface area contributed by atoms with E-state index in [2.05, 4.69) is 5.32 Å². The lowest BCUT2D eigenvalue weighted by Gasteiger charge is -2.13. The molecule has 0 fully saturated rings. The number of esters is 1. The maximum Gasteiger partial charge on any atom is 0.306 e. The van der Waals surface area contributed by atoms with Gasteiger partial charge in [0.1, 0.15) is 5.82 Å². The molecule has 7 nitrogen and oxygen atoms in total. The normalized spacial score (nSPS) is 12.7. The van der Waals surface area contributed by atoms with Crippen LogP contribution in [0.3, 0.4) is 0 Å². The molecule has 0 saturated carbocycles. The van der Waals surface area contributed by atoms with Crippen LogP contribution in [0.25, 0.3) is 0 Å². The molecule has 1 heterocycles. The summed E-state index contributed by atoms with van der Waals surface area (Å²) in [6, 6.07) is 5.15. The first kappa shape index (κ1) is 26.2. The first-order chi connectivity index (χ1) is 16.1. The lowest BCUT2D eigenvalue weighted by atomic mass is 10.1. The van der Waals surface area contributed by atoms with Crippen molar-refractivity contribution in [1.82, 2.24) is 4.90 Å². The van der Waals surface area contributed by atoms with Gasteiger partial charge in [-0.2, -0.15) is 0 Å². The van der Waals surface area contributed by atoms with Gasteiger partial charge in [0.2, 0.25) is 0 Å². The van der Waals surface area contributed by atoms with E-state index in [1.807, 2.05) is 0 Å². The van der Waals surface area contributed by atoms with Gasteiger partial charge in [0.05, 0.1) is 31.2 Å². The molecule has 0 unspecified atom stereocenters. The maximum absolute atomic E-state index is 12.9. The number of anilines is 1. The van der Waals surface area contributed by atoms with Crippen LogP contribution < -0.4 is 5.32 Å². The van der Waals surface area contributed by atoms with Crippen molar-refractivity contribution in [2.24, 2.45) is 0 Å². The Morgan fingerprint density at radius 3 is 1.97 bits per heavy atom. The third kappa shape index (κ3) is 5.81. The summed E-state index contributed by atoms with van der Waals surface area (Å²) in [5.41, 5.74) is 0.227. The third-order valence-electron chi connectivity index (χ3n) is 4.94. The summed E-state index contributed by atoms with van der Waals surface area (Å²) in [5.74, 6) is -2.79. The second-order valence-electron chi connectivity index (χ2n) is 7.29. The van der Waals surface area contributed by atoms with E-state index in [4.69, 9.17) is 51.1 Å². The van der Waals surface area contributed by atoms with E-state index in [1.54, 1.807) is 0 Å². The van der Waals surface area contributed by atoms with E-state index in [9.17, 15) is 23.6 Å². The highest BCUT2D eigenvalue weighted by molar-refractivity contribution is 6.55. The number of carbonyl (C=O) groups is 4. The lowest BCUT2D eigenvalue weighted by Crippen LogP contribution is -2.30. The van der Waals surface area contributed by atoms with Crippen molar-refractivity contribution >= 4 is 75.8 Å². The van der Waals surface area contributed by atoms with Gasteiger partial charge in [0, 0.05) is 18.7 Å².